The molecule has 0 aromatic carbocycles. The fourth-order valence-corrected chi connectivity index (χ4v) is 3.06. The highest BCUT2D eigenvalue weighted by Crippen LogP contribution is 2.33. The van der Waals surface area contributed by atoms with Crippen LogP contribution in [0.3, 0.4) is 0 Å². The van der Waals surface area contributed by atoms with Gasteiger partial charge in [0.05, 0.1) is 6.61 Å². The third-order valence-corrected chi connectivity index (χ3v) is 5.52. The molecule has 1 aliphatic heterocycles. The van der Waals surface area contributed by atoms with Crippen molar-refractivity contribution in [3.8, 4) is 0 Å². The van der Waals surface area contributed by atoms with Crippen molar-refractivity contribution in [1.82, 2.24) is 0 Å². The van der Waals surface area contributed by atoms with Gasteiger partial charge in [-0.2, -0.15) is 0 Å². The second-order valence-electron chi connectivity index (χ2n) is 7.35. The fraction of sp³-hybridized carbons (Fsp3) is 0.611. The van der Waals surface area contributed by atoms with Gasteiger partial charge >= 0.3 is 0 Å². The molecule has 0 aromatic rings. The highest BCUT2D eigenvalue weighted by Gasteiger charge is 2.42. The Morgan fingerprint density at radius 3 is 2.41 bits per heavy atom. The summed E-state index contributed by atoms with van der Waals surface area (Å²) >= 11 is 0. The Morgan fingerprint density at radius 1 is 1.32 bits per heavy atom. The van der Waals surface area contributed by atoms with Gasteiger partial charge < -0.3 is 9.47 Å². The van der Waals surface area contributed by atoms with E-state index in [4.69, 9.17) is 9.47 Å². The number of rotatable bonds is 10. The number of allylic oxidation sites excluding steroid dienone is 3. The number of carbonyl (C=O) groups excluding carboxylic acids is 1. The Hall–Kier alpha value is -1.13. The molecule has 0 aliphatic carbocycles. The molecule has 0 bridgehead atoms. The molecular formula is C18H30O3Si. The normalized spacial score (nSPS) is 21.7. The molecular weight excluding hydrogens is 292 g/mol. The number of carbonyl (C=O) groups is 1. The summed E-state index contributed by atoms with van der Waals surface area (Å²) in [5, 5.41) is 0. The average Bonchev–Trinajstić information content (AvgIpc) is 2.70. The van der Waals surface area contributed by atoms with Gasteiger partial charge in [0.25, 0.3) is 0 Å². The van der Waals surface area contributed by atoms with E-state index in [1.807, 2.05) is 19.1 Å². The maximum absolute atomic E-state index is 12.3. The third kappa shape index (κ3) is 5.58. The smallest absolute Gasteiger partial charge is 0.204 e. The Balaban J connectivity index is 2.58. The van der Waals surface area contributed by atoms with Crippen molar-refractivity contribution in [2.45, 2.75) is 51.1 Å². The van der Waals surface area contributed by atoms with Crippen LogP contribution in [-0.4, -0.2) is 32.7 Å². The Kier molecular flexibility index (Phi) is 6.82. The van der Waals surface area contributed by atoms with Crippen LogP contribution in [0.1, 0.15) is 19.8 Å². The number of ketones is 1. The summed E-state index contributed by atoms with van der Waals surface area (Å²) in [6, 6.07) is 1.09. The molecule has 0 spiro atoms. The minimum absolute atomic E-state index is 0.00590. The minimum atomic E-state index is -1.11. The molecule has 0 aromatic heterocycles. The van der Waals surface area contributed by atoms with Crippen molar-refractivity contribution in [1.29, 1.82) is 0 Å². The molecule has 0 N–H and O–H groups in total. The monoisotopic (exact) mass is 322 g/mol. The number of ether oxygens (including phenoxy) is 2. The SMILES string of the molecule is C=CCC(CC=C)C1=CC(=O)C(C)(COCC[Si](C)(C)C)O1. The molecule has 22 heavy (non-hydrogen) atoms. The van der Waals surface area contributed by atoms with E-state index in [9.17, 15) is 4.79 Å². The minimum Gasteiger partial charge on any atom is -0.481 e. The van der Waals surface area contributed by atoms with Gasteiger partial charge in [-0.3, -0.25) is 4.79 Å². The predicted octanol–water partition coefficient (Wildman–Crippen LogP) is 4.35. The van der Waals surface area contributed by atoms with Crippen molar-refractivity contribution in [3.05, 3.63) is 37.1 Å². The topological polar surface area (TPSA) is 35.5 Å². The lowest BCUT2D eigenvalue weighted by atomic mass is 9.98. The molecule has 3 nitrogen and oxygen atoms in total. The maximum atomic E-state index is 12.3. The van der Waals surface area contributed by atoms with Crippen LogP contribution in [0.2, 0.25) is 25.7 Å². The van der Waals surface area contributed by atoms with E-state index in [0.29, 0.717) is 13.2 Å². The first kappa shape index (κ1) is 18.9. The van der Waals surface area contributed by atoms with Crippen LogP contribution in [0.4, 0.5) is 0 Å². The van der Waals surface area contributed by atoms with Crippen molar-refractivity contribution < 1.29 is 14.3 Å². The predicted molar refractivity (Wildman–Crippen MR) is 94.7 cm³/mol. The van der Waals surface area contributed by atoms with Crippen molar-refractivity contribution in [2.24, 2.45) is 5.92 Å². The number of hydrogen-bond donors (Lipinski definition) is 0. The Morgan fingerprint density at radius 2 is 1.91 bits per heavy atom. The highest BCUT2D eigenvalue weighted by atomic mass is 28.3. The van der Waals surface area contributed by atoms with Crippen LogP contribution in [0.25, 0.3) is 0 Å². The molecule has 124 valence electrons. The molecule has 0 amide bonds. The molecule has 0 radical (unpaired) electrons. The van der Waals surface area contributed by atoms with E-state index in [0.717, 1.165) is 24.6 Å². The van der Waals surface area contributed by atoms with E-state index in [1.165, 1.54) is 0 Å². The molecule has 1 aliphatic rings. The lowest BCUT2D eigenvalue weighted by Gasteiger charge is -2.26. The summed E-state index contributed by atoms with van der Waals surface area (Å²) in [6.45, 7) is 17.3. The van der Waals surface area contributed by atoms with Crippen LogP contribution in [-0.2, 0) is 14.3 Å². The van der Waals surface area contributed by atoms with Gasteiger partial charge in [0, 0.05) is 26.7 Å². The summed E-state index contributed by atoms with van der Waals surface area (Å²) in [7, 11) is -1.11. The molecule has 1 unspecified atom stereocenters. The van der Waals surface area contributed by atoms with Gasteiger partial charge in [-0.25, -0.2) is 0 Å². The van der Waals surface area contributed by atoms with Crippen molar-refractivity contribution in [3.63, 3.8) is 0 Å². The Bertz CT molecular complexity index is 438. The fourth-order valence-electron chi connectivity index (χ4n) is 2.30. The standard InChI is InChI=1S/C18H30O3Si/c1-7-9-15(10-8-2)16-13-17(19)18(3,21-16)14-20-11-12-22(4,5)6/h7-8,13,15H,1-2,9-12,14H2,3-6H3. The lowest BCUT2D eigenvalue weighted by Crippen LogP contribution is -2.39. The molecule has 1 atom stereocenters. The first-order chi connectivity index (χ1) is 10.2. The largest absolute Gasteiger partial charge is 0.481 e. The quantitative estimate of drug-likeness (QED) is 0.341. The highest BCUT2D eigenvalue weighted by molar-refractivity contribution is 6.76. The van der Waals surface area contributed by atoms with Gasteiger partial charge in [0.1, 0.15) is 5.76 Å². The van der Waals surface area contributed by atoms with Gasteiger partial charge in [-0.1, -0.05) is 31.8 Å². The summed E-state index contributed by atoms with van der Waals surface area (Å²) in [4.78, 5) is 12.3. The molecule has 0 fully saturated rings. The summed E-state index contributed by atoms with van der Waals surface area (Å²) in [6.07, 6.45) is 6.88. The van der Waals surface area contributed by atoms with Gasteiger partial charge in [0.15, 0.2) is 5.60 Å². The van der Waals surface area contributed by atoms with Gasteiger partial charge in [0.2, 0.25) is 5.78 Å². The van der Waals surface area contributed by atoms with E-state index < -0.39 is 13.7 Å². The van der Waals surface area contributed by atoms with Crippen LogP contribution in [0.15, 0.2) is 37.1 Å². The molecule has 1 heterocycles. The summed E-state index contributed by atoms with van der Waals surface area (Å²) < 4.78 is 11.7. The van der Waals surface area contributed by atoms with Crippen LogP contribution < -0.4 is 0 Å². The molecule has 4 heteroatoms. The first-order valence-electron chi connectivity index (χ1n) is 7.96. The maximum Gasteiger partial charge on any atom is 0.204 e. The zero-order valence-electron chi connectivity index (χ0n) is 14.5. The summed E-state index contributed by atoms with van der Waals surface area (Å²) in [5.74, 6) is 0.873. The van der Waals surface area contributed by atoms with E-state index in [1.54, 1.807) is 6.08 Å². The van der Waals surface area contributed by atoms with E-state index in [-0.39, 0.29) is 11.7 Å². The van der Waals surface area contributed by atoms with Crippen LogP contribution in [0, 0.1) is 5.92 Å². The zero-order valence-corrected chi connectivity index (χ0v) is 15.5. The van der Waals surface area contributed by atoms with Crippen molar-refractivity contribution >= 4 is 13.9 Å². The second kappa shape index (κ2) is 7.93. The van der Waals surface area contributed by atoms with Gasteiger partial charge in [-0.15, -0.1) is 13.2 Å². The zero-order chi connectivity index (χ0) is 16.8. The average molecular weight is 323 g/mol. The molecule has 0 saturated heterocycles. The Labute approximate surface area is 136 Å². The second-order valence-corrected chi connectivity index (χ2v) is 13.0. The first-order valence-corrected chi connectivity index (χ1v) is 11.7. The van der Waals surface area contributed by atoms with Gasteiger partial charge in [-0.05, 0) is 25.8 Å². The van der Waals surface area contributed by atoms with E-state index >= 15 is 0 Å². The molecule has 0 saturated carbocycles. The van der Waals surface area contributed by atoms with E-state index in [2.05, 4.69) is 32.8 Å². The number of hydrogen-bond acceptors (Lipinski definition) is 3. The van der Waals surface area contributed by atoms with Crippen molar-refractivity contribution in [2.75, 3.05) is 13.2 Å². The van der Waals surface area contributed by atoms with Crippen LogP contribution in [0.5, 0.6) is 0 Å². The van der Waals surface area contributed by atoms with Crippen LogP contribution >= 0.6 is 0 Å². The molecule has 1 rings (SSSR count). The third-order valence-electron chi connectivity index (χ3n) is 3.82. The summed E-state index contributed by atoms with van der Waals surface area (Å²) in [5.41, 5.74) is -0.880. The lowest BCUT2D eigenvalue weighted by molar-refractivity contribution is -0.135.